The molecule has 2 rings (SSSR count). The van der Waals surface area contributed by atoms with Crippen molar-refractivity contribution in [2.45, 2.75) is 37.3 Å². The predicted octanol–water partition coefficient (Wildman–Crippen LogP) is -0.619. The summed E-state index contributed by atoms with van der Waals surface area (Å²) in [7, 11) is 0. The van der Waals surface area contributed by atoms with Crippen LogP contribution in [0, 0.1) is 5.92 Å². The van der Waals surface area contributed by atoms with Gasteiger partial charge < -0.3 is 20.9 Å². The van der Waals surface area contributed by atoms with Crippen molar-refractivity contribution >= 4 is 5.91 Å². The van der Waals surface area contributed by atoms with E-state index in [9.17, 15) is 9.90 Å². The summed E-state index contributed by atoms with van der Waals surface area (Å²) >= 11 is 0. The molecule has 2 fully saturated rings. The maximum atomic E-state index is 11.8. The number of hydrogen-bond acceptors (Lipinski definition) is 4. The number of carbonyl (C=O) groups is 1. The number of ether oxygens (including phenoxy) is 1. The Hall–Kier alpha value is -0.650. The molecule has 4 N–H and O–H groups in total. The summed E-state index contributed by atoms with van der Waals surface area (Å²) in [6.07, 6.45) is 3.01. The molecule has 0 radical (unpaired) electrons. The Morgan fingerprint density at radius 3 is 2.94 bits per heavy atom. The summed E-state index contributed by atoms with van der Waals surface area (Å²) in [5.41, 5.74) is 5.09. The maximum Gasteiger partial charge on any atom is 0.242 e. The van der Waals surface area contributed by atoms with Crippen LogP contribution in [0.4, 0.5) is 0 Å². The van der Waals surface area contributed by atoms with Gasteiger partial charge in [0.15, 0.2) is 0 Å². The van der Waals surface area contributed by atoms with Crippen LogP contribution in [-0.2, 0) is 9.53 Å². The highest BCUT2D eigenvalue weighted by Gasteiger charge is 2.38. The first-order chi connectivity index (χ1) is 7.60. The zero-order valence-electron chi connectivity index (χ0n) is 9.45. The molecule has 0 spiro atoms. The van der Waals surface area contributed by atoms with E-state index >= 15 is 0 Å². The Kier molecular flexibility index (Phi) is 3.47. The molecule has 0 aromatic carbocycles. The fraction of sp³-hybridized carbons (Fsp3) is 0.909. The highest BCUT2D eigenvalue weighted by atomic mass is 16.5. The average Bonchev–Trinajstić information content (AvgIpc) is 2.85. The number of carbonyl (C=O) groups excluding carboxylic acids is 1. The molecule has 0 aromatic rings. The largest absolute Gasteiger partial charge is 0.393 e. The van der Waals surface area contributed by atoms with Crippen molar-refractivity contribution in [2.75, 3.05) is 19.8 Å². The minimum absolute atomic E-state index is 0.119. The monoisotopic (exact) mass is 228 g/mol. The minimum atomic E-state index is -0.836. The van der Waals surface area contributed by atoms with Gasteiger partial charge in [-0.05, 0) is 31.6 Å². The van der Waals surface area contributed by atoms with Gasteiger partial charge in [-0.2, -0.15) is 0 Å². The molecule has 92 valence electrons. The standard InChI is InChI=1S/C11H20N2O3/c12-11(3-4-16-7-11)10(15)13-6-8-1-2-9(14)5-8/h8-9,14H,1-7,12H2,(H,13,15). The van der Waals surface area contributed by atoms with Gasteiger partial charge in [0.2, 0.25) is 5.91 Å². The highest BCUT2D eigenvalue weighted by Crippen LogP contribution is 2.25. The summed E-state index contributed by atoms with van der Waals surface area (Å²) in [5.74, 6) is 0.274. The van der Waals surface area contributed by atoms with E-state index in [4.69, 9.17) is 10.5 Å². The van der Waals surface area contributed by atoms with Crippen LogP contribution >= 0.6 is 0 Å². The third-order valence-corrected chi connectivity index (χ3v) is 3.57. The van der Waals surface area contributed by atoms with Crippen LogP contribution < -0.4 is 11.1 Å². The van der Waals surface area contributed by atoms with Crippen LogP contribution in [0.2, 0.25) is 0 Å². The fourth-order valence-corrected chi connectivity index (χ4v) is 2.41. The van der Waals surface area contributed by atoms with Crippen molar-refractivity contribution in [3.63, 3.8) is 0 Å². The van der Waals surface area contributed by atoms with Crippen molar-refractivity contribution < 1.29 is 14.6 Å². The molecule has 1 amide bonds. The second-order valence-electron chi connectivity index (χ2n) is 5.00. The lowest BCUT2D eigenvalue weighted by Crippen LogP contribution is -2.55. The normalized spacial score (nSPS) is 38.9. The van der Waals surface area contributed by atoms with Gasteiger partial charge in [-0.3, -0.25) is 4.79 Å². The number of aliphatic hydroxyl groups excluding tert-OH is 1. The van der Waals surface area contributed by atoms with Crippen molar-refractivity contribution in [1.29, 1.82) is 0 Å². The SMILES string of the molecule is NC1(C(=O)NCC2CCC(O)C2)CCOC1. The molecule has 3 atom stereocenters. The molecule has 5 nitrogen and oxygen atoms in total. The highest BCUT2D eigenvalue weighted by molar-refractivity contribution is 5.86. The molecule has 2 aliphatic rings. The maximum absolute atomic E-state index is 11.8. The quantitative estimate of drug-likeness (QED) is 0.601. The van der Waals surface area contributed by atoms with E-state index in [1.165, 1.54) is 0 Å². The Morgan fingerprint density at radius 2 is 2.38 bits per heavy atom. The lowest BCUT2D eigenvalue weighted by atomic mass is 9.98. The van der Waals surface area contributed by atoms with Crippen LogP contribution in [-0.4, -0.2) is 42.4 Å². The molecule has 16 heavy (non-hydrogen) atoms. The first kappa shape index (κ1) is 11.8. The number of rotatable bonds is 3. The summed E-state index contributed by atoms with van der Waals surface area (Å²) in [6, 6.07) is 0. The molecule has 1 saturated heterocycles. The minimum Gasteiger partial charge on any atom is -0.393 e. The lowest BCUT2D eigenvalue weighted by Gasteiger charge is -2.21. The van der Waals surface area contributed by atoms with E-state index in [0.717, 1.165) is 19.3 Å². The first-order valence-electron chi connectivity index (χ1n) is 5.93. The van der Waals surface area contributed by atoms with E-state index in [1.54, 1.807) is 0 Å². The molecule has 0 bridgehead atoms. The van der Waals surface area contributed by atoms with E-state index in [2.05, 4.69) is 5.32 Å². The van der Waals surface area contributed by atoms with Gasteiger partial charge >= 0.3 is 0 Å². The summed E-state index contributed by atoms with van der Waals surface area (Å²) < 4.78 is 5.14. The van der Waals surface area contributed by atoms with E-state index in [1.807, 2.05) is 0 Å². The van der Waals surface area contributed by atoms with Gasteiger partial charge in [0.05, 0.1) is 12.7 Å². The third-order valence-electron chi connectivity index (χ3n) is 3.57. The Morgan fingerprint density at radius 1 is 1.56 bits per heavy atom. The second kappa shape index (κ2) is 4.69. The Balaban J connectivity index is 1.75. The van der Waals surface area contributed by atoms with Gasteiger partial charge in [0.1, 0.15) is 5.54 Å². The summed E-state index contributed by atoms with van der Waals surface area (Å²) in [4.78, 5) is 11.8. The van der Waals surface area contributed by atoms with Crippen LogP contribution in [0.5, 0.6) is 0 Å². The Labute approximate surface area is 95.3 Å². The Bertz CT molecular complexity index is 264. The molecule has 1 aliphatic carbocycles. The molecule has 1 saturated carbocycles. The van der Waals surface area contributed by atoms with Gasteiger partial charge in [-0.15, -0.1) is 0 Å². The van der Waals surface area contributed by atoms with Gasteiger partial charge in [0.25, 0.3) is 0 Å². The van der Waals surface area contributed by atoms with Crippen LogP contribution in [0.1, 0.15) is 25.7 Å². The van der Waals surface area contributed by atoms with Crippen molar-refractivity contribution in [3.05, 3.63) is 0 Å². The second-order valence-corrected chi connectivity index (χ2v) is 5.00. The smallest absolute Gasteiger partial charge is 0.242 e. The lowest BCUT2D eigenvalue weighted by molar-refractivity contribution is -0.126. The van der Waals surface area contributed by atoms with E-state index < -0.39 is 5.54 Å². The van der Waals surface area contributed by atoms with Gasteiger partial charge in [0, 0.05) is 13.2 Å². The van der Waals surface area contributed by atoms with Gasteiger partial charge in [-0.25, -0.2) is 0 Å². The molecule has 1 aliphatic heterocycles. The molecule has 3 unspecified atom stereocenters. The topological polar surface area (TPSA) is 84.6 Å². The van der Waals surface area contributed by atoms with Crippen molar-refractivity contribution in [2.24, 2.45) is 11.7 Å². The van der Waals surface area contributed by atoms with E-state index in [-0.39, 0.29) is 12.0 Å². The van der Waals surface area contributed by atoms with Crippen LogP contribution in [0.25, 0.3) is 0 Å². The number of hydrogen-bond donors (Lipinski definition) is 3. The molecule has 1 heterocycles. The average molecular weight is 228 g/mol. The number of amides is 1. The number of nitrogens with one attached hydrogen (secondary N) is 1. The first-order valence-corrected chi connectivity index (χ1v) is 5.93. The molecule has 5 heteroatoms. The van der Waals surface area contributed by atoms with Crippen LogP contribution in [0.3, 0.4) is 0 Å². The molecular formula is C11H20N2O3. The predicted molar refractivity (Wildman–Crippen MR) is 58.7 cm³/mol. The summed E-state index contributed by atoms with van der Waals surface area (Å²) in [5, 5.41) is 12.2. The van der Waals surface area contributed by atoms with Gasteiger partial charge in [-0.1, -0.05) is 0 Å². The number of aliphatic hydroxyl groups is 1. The molecular weight excluding hydrogens is 208 g/mol. The zero-order chi connectivity index (χ0) is 11.6. The molecule has 0 aromatic heterocycles. The zero-order valence-corrected chi connectivity index (χ0v) is 9.45. The third kappa shape index (κ3) is 2.53. The fourth-order valence-electron chi connectivity index (χ4n) is 2.41. The summed E-state index contributed by atoms with van der Waals surface area (Å²) in [6.45, 7) is 1.49. The van der Waals surface area contributed by atoms with Crippen molar-refractivity contribution in [3.8, 4) is 0 Å². The van der Waals surface area contributed by atoms with E-state index in [0.29, 0.717) is 32.1 Å². The number of nitrogens with two attached hydrogens (primary N) is 1. The van der Waals surface area contributed by atoms with Crippen LogP contribution in [0.15, 0.2) is 0 Å². The van der Waals surface area contributed by atoms with Crippen molar-refractivity contribution in [1.82, 2.24) is 5.32 Å².